The van der Waals surface area contributed by atoms with Crippen molar-refractivity contribution in [2.24, 2.45) is 17.8 Å². The van der Waals surface area contributed by atoms with Gasteiger partial charge < -0.3 is 9.47 Å². The van der Waals surface area contributed by atoms with Crippen molar-refractivity contribution < 1.29 is 19.1 Å². The minimum Gasteiger partial charge on any atom is -0.466 e. The monoisotopic (exact) mass is 298 g/mol. The van der Waals surface area contributed by atoms with Crippen LogP contribution in [0.3, 0.4) is 0 Å². The molecule has 0 spiro atoms. The molecule has 0 saturated heterocycles. The number of esters is 2. The van der Waals surface area contributed by atoms with Crippen LogP contribution in [0.15, 0.2) is 24.3 Å². The zero-order valence-corrected chi connectivity index (χ0v) is 12.7. The summed E-state index contributed by atoms with van der Waals surface area (Å²) in [6.07, 6.45) is 5.37. The Morgan fingerprint density at radius 3 is 2.00 bits per heavy atom. The van der Waals surface area contributed by atoms with Crippen molar-refractivity contribution in [1.82, 2.24) is 0 Å². The van der Waals surface area contributed by atoms with Gasteiger partial charge in [-0.3, -0.25) is 9.59 Å². The smallest absolute Gasteiger partial charge is 0.310 e. The van der Waals surface area contributed by atoms with Crippen LogP contribution in [0.1, 0.15) is 25.0 Å². The summed E-state index contributed by atoms with van der Waals surface area (Å²) in [4.78, 5) is 24.1. The van der Waals surface area contributed by atoms with Gasteiger partial charge in [0.25, 0.3) is 0 Å². The molecule has 1 aromatic rings. The lowest BCUT2D eigenvalue weighted by Crippen LogP contribution is -2.28. The molecule has 2 fully saturated rings. The Morgan fingerprint density at radius 2 is 1.59 bits per heavy atom. The number of carbonyl (C=O) groups is 2. The van der Waals surface area contributed by atoms with E-state index in [-0.39, 0.29) is 29.7 Å². The lowest BCUT2D eigenvalue weighted by Gasteiger charge is -2.17. The van der Waals surface area contributed by atoms with E-state index in [1.54, 1.807) is 13.8 Å². The highest BCUT2D eigenvalue weighted by Gasteiger charge is 2.92. The fourth-order valence-electron chi connectivity index (χ4n) is 3.69. The summed E-state index contributed by atoms with van der Waals surface area (Å²) in [5, 5.41) is 0. The van der Waals surface area contributed by atoms with Crippen LogP contribution in [0, 0.1) is 30.1 Å². The average Bonchev–Trinajstić information content (AvgIpc) is 3.36. The van der Waals surface area contributed by atoms with Crippen LogP contribution in [0.2, 0.25) is 0 Å². The van der Waals surface area contributed by atoms with Crippen LogP contribution in [0.5, 0.6) is 0 Å². The number of ether oxygens (including phenoxy) is 2. The van der Waals surface area contributed by atoms with Gasteiger partial charge in [0.15, 0.2) is 0 Å². The molecule has 22 heavy (non-hydrogen) atoms. The molecular weight excluding hydrogens is 280 g/mol. The van der Waals surface area contributed by atoms with Gasteiger partial charge in [-0.25, -0.2) is 0 Å². The fraction of sp³-hybridized carbons (Fsp3) is 0.444. The molecule has 0 aliphatic heterocycles. The van der Waals surface area contributed by atoms with E-state index in [0.717, 1.165) is 11.1 Å². The van der Waals surface area contributed by atoms with Gasteiger partial charge in [-0.2, -0.15) is 0 Å². The Labute approximate surface area is 129 Å². The Hall–Kier alpha value is -2.28. The number of hydrogen-bond acceptors (Lipinski definition) is 4. The molecule has 2 saturated carbocycles. The second kappa shape index (κ2) is 5.17. The summed E-state index contributed by atoms with van der Waals surface area (Å²) in [5.74, 6) is 1.64. The number of fused-ring (bicyclic) bond motifs is 1. The number of terminal acetylenes is 1. The lowest BCUT2D eigenvalue weighted by atomic mass is 9.89. The summed E-state index contributed by atoms with van der Waals surface area (Å²) < 4.78 is 10.2. The van der Waals surface area contributed by atoms with Gasteiger partial charge in [0.1, 0.15) is 0 Å². The van der Waals surface area contributed by atoms with Crippen molar-refractivity contribution in [3.8, 4) is 12.3 Å². The molecule has 3 rings (SSSR count). The van der Waals surface area contributed by atoms with E-state index < -0.39 is 5.41 Å². The topological polar surface area (TPSA) is 52.6 Å². The standard InChI is InChI=1S/C18H18O4/c1-4-11-7-9-12(10-8-11)18-13(14(18)16(19)21-5-2)15(18)17(20)22-6-3/h1,7-10,13-15H,5-6H2,2-3H3/t13?,14-,15-,18?/m0/s1. The van der Waals surface area contributed by atoms with E-state index in [9.17, 15) is 9.59 Å². The highest BCUT2D eigenvalue weighted by molar-refractivity contribution is 5.94. The van der Waals surface area contributed by atoms with Gasteiger partial charge in [0, 0.05) is 11.0 Å². The van der Waals surface area contributed by atoms with Crippen LogP contribution in [0.25, 0.3) is 0 Å². The molecule has 114 valence electrons. The van der Waals surface area contributed by atoms with Crippen molar-refractivity contribution in [2.75, 3.05) is 13.2 Å². The SMILES string of the molecule is C#Cc1ccc(C23C([C@H]2C(=O)OCC)[C@H]3C(=O)OCC)cc1. The molecule has 0 aromatic heterocycles. The van der Waals surface area contributed by atoms with Gasteiger partial charge in [-0.15, -0.1) is 6.42 Å². The molecule has 0 radical (unpaired) electrons. The first-order chi connectivity index (χ1) is 10.6. The normalized spacial score (nSPS) is 30.7. The van der Waals surface area contributed by atoms with Crippen molar-refractivity contribution in [3.05, 3.63) is 35.4 Å². The number of rotatable bonds is 5. The average molecular weight is 298 g/mol. The van der Waals surface area contributed by atoms with E-state index >= 15 is 0 Å². The van der Waals surface area contributed by atoms with Crippen molar-refractivity contribution in [3.63, 3.8) is 0 Å². The van der Waals surface area contributed by atoms with Gasteiger partial charge in [0.2, 0.25) is 0 Å². The molecule has 2 atom stereocenters. The van der Waals surface area contributed by atoms with Gasteiger partial charge in [-0.1, -0.05) is 18.1 Å². The second-order valence-corrected chi connectivity index (χ2v) is 5.64. The van der Waals surface area contributed by atoms with Crippen LogP contribution < -0.4 is 0 Å². The van der Waals surface area contributed by atoms with Crippen LogP contribution in [0.4, 0.5) is 0 Å². The summed E-state index contributed by atoms with van der Waals surface area (Å²) in [6, 6.07) is 7.48. The highest BCUT2D eigenvalue weighted by atomic mass is 16.5. The molecule has 2 aliphatic carbocycles. The largest absolute Gasteiger partial charge is 0.466 e. The van der Waals surface area contributed by atoms with Gasteiger partial charge >= 0.3 is 11.9 Å². The molecule has 2 aliphatic rings. The first-order valence-electron chi connectivity index (χ1n) is 7.53. The Kier molecular flexibility index (Phi) is 3.44. The maximum absolute atomic E-state index is 12.1. The predicted molar refractivity (Wildman–Crippen MR) is 79.8 cm³/mol. The Morgan fingerprint density at radius 1 is 1.09 bits per heavy atom. The first kappa shape index (κ1) is 14.6. The van der Waals surface area contributed by atoms with E-state index in [2.05, 4.69) is 5.92 Å². The molecule has 4 nitrogen and oxygen atoms in total. The minimum absolute atomic E-state index is 0.00212. The highest BCUT2D eigenvalue weighted by Crippen LogP contribution is 2.84. The van der Waals surface area contributed by atoms with E-state index in [4.69, 9.17) is 15.9 Å². The predicted octanol–water partition coefficient (Wildman–Crippen LogP) is 1.91. The molecule has 0 unspecified atom stereocenters. The third-order valence-corrected chi connectivity index (χ3v) is 4.71. The third-order valence-electron chi connectivity index (χ3n) is 4.71. The quantitative estimate of drug-likeness (QED) is 0.615. The molecule has 0 heterocycles. The van der Waals surface area contributed by atoms with Crippen LogP contribution >= 0.6 is 0 Å². The molecule has 0 N–H and O–H groups in total. The summed E-state index contributed by atoms with van der Waals surface area (Å²) in [6.45, 7) is 4.25. The minimum atomic E-state index is -0.439. The third kappa shape index (κ3) is 1.85. The summed E-state index contributed by atoms with van der Waals surface area (Å²) in [5.41, 5.74) is 1.30. The van der Waals surface area contributed by atoms with E-state index in [1.807, 2.05) is 24.3 Å². The molecule has 0 amide bonds. The van der Waals surface area contributed by atoms with Gasteiger partial charge in [-0.05, 0) is 37.5 Å². The molecule has 1 aromatic carbocycles. The maximum Gasteiger partial charge on any atom is 0.310 e. The number of hydrogen-bond donors (Lipinski definition) is 0. The van der Waals surface area contributed by atoms with Gasteiger partial charge in [0.05, 0.1) is 25.0 Å². The maximum atomic E-state index is 12.1. The zero-order chi connectivity index (χ0) is 15.9. The molecule has 4 heteroatoms. The van der Waals surface area contributed by atoms with Crippen molar-refractivity contribution in [1.29, 1.82) is 0 Å². The number of benzene rings is 1. The second-order valence-electron chi connectivity index (χ2n) is 5.64. The Balaban J connectivity index is 1.86. The number of carbonyl (C=O) groups excluding carboxylic acids is 2. The van der Waals surface area contributed by atoms with Crippen LogP contribution in [-0.2, 0) is 24.5 Å². The fourth-order valence-corrected chi connectivity index (χ4v) is 3.69. The summed E-state index contributed by atoms with van der Waals surface area (Å²) >= 11 is 0. The zero-order valence-electron chi connectivity index (χ0n) is 12.7. The Bertz CT molecular complexity index is 627. The van der Waals surface area contributed by atoms with Crippen molar-refractivity contribution in [2.45, 2.75) is 19.3 Å². The van der Waals surface area contributed by atoms with E-state index in [1.165, 1.54) is 0 Å². The van der Waals surface area contributed by atoms with Crippen molar-refractivity contribution >= 4 is 11.9 Å². The van der Waals surface area contributed by atoms with E-state index in [0.29, 0.717) is 13.2 Å². The van der Waals surface area contributed by atoms with Crippen LogP contribution in [-0.4, -0.2) is 25.2 Å². The molecular formula is C18H18O4. The first-order valence-corrected chi connectivity index (χ1v) is 7.53. The molecule has 0 bridgehead atoms. The lowest BCUT2D eigenvalue weighted by molar-refractivity contribution is -0.151. The summed E-state index contributed by atoms with van der Waals surface area (Å²) in [7, 11) is 0.